The zero-order chi connectivity index (χ0) is 14.0. The van der Waals surface area contributed by atoms with E-state index in [0.717, 1.165) is 0 Å². The van der Waals surface area contributed by atoms with E-state index in [0.29, 0.717) is 5.56 Å². The van der Waals surface area contributed by atoms with Gasteiger partial charge in [0.15, 0.2) is 0 Å². The molecule has 0 aromatic heterocycles. The minimum atomic E-state index is -3.78. The lowest BCUT2D eigenvalue weighted by atomic mass is 10.1. The van der Waals surface area contributed by atoms with Crippen LogP contribution in [0.3, 0.4) is 0 Å². The molecule has 0 aliphatic heterocycles. The number of rotatable bonds is 3. The van der Waals surface area contributed by atoms with Crippen LogP contribution in [0.15, 0.2) is 29.2 Å². The number of hydrogen-bond acceptors (Lipinski definition) is 4. The first-order valence-electron chi connectivity index (χ1n) is 5.33. The first-order chi connectivity index (χ1) is 8.08. The van der Waals surface area contributed by atoms with E-state index in [9.17, 15) is 13.2 Å². The van der Waals surface area contributed by atoms with Crippen molar-refractivity contribution in [2.45, 2.75) is 37.7 Å². The summed E-state index contributed by atoms with van der Waals surface area (Å²) in [5.74, 6) is -0.411. The van der Waals surface area contributed by atoms with Gasteiger partial charge in [-0.1, -0.05) is 12.1 Å². The summed E-state index contributed by atoms with van der Waals surface area (Å²) in [6.45, 7) is 5.31. The average Bonchev–Trinajstić information content (AvgIpc) is 2.13. The molecule has 0 bridgehead atoms. The molecule has 0 atom stereocenters. The summed E-state index contributed by atoms with van der Waals surface area (Å²) in [6.07, 6.45) is 0.0114. The van der Waals surface area contributed by atoms with Gasteiger partial charge in [0.05, 0.1) is 11.3 Å². The molecule has 1 rings (SSSR count). The summed E-state index contributed by atoms with van der Waals surface area (Å²) in [7, 11) is 1.45. The van der Waals surface area contributed by atoms with Crippen molar-refractivity contribution in [2.75, 3.05) is 0 Å². The first kappa shape index (κ1) is 15.0. The molecule has 6 heteroatoms. The van der Waals surface area contributed by atoms with Crippen molar-refractivity contribution in [1.29, 1.82) is 0 Å². The van der Waals surface area contributed by atoms with E-state index in [2.05, 4.69) is 0 Å². The maximum absolute atomic E-state index is 11.6. The van der Waals surface area contributed by atoms with Gasteiger partial charge >= 0.3 is 5.97 Å². The van der Waals surface area contributed by atoms with Crippen LogP contribution in [0, 0.1) is 0 Å². The third kappa shape index (κ3) is 5.06. The summed E-state index contributed by atoms with van der Waals surface area (Å²) in [5, 5.41) is 0. The molecule has 1 aromatic rings. The highest BCUT2D eigenvalue weighted by Gasteiger charge is 2.17. The number of esters is 1. The summed E-state index contributed by atoms with van der Waals surface area (Å²) in [5.41, 5.74) is -0.0150. The van der Waals surface area contributed by atoms with Gasteiger partial charge in [-0.15, -0.1) is 0 Å². The number of carbonyl (C=O) groups excluding carboxylic acids is 1. The van der Waals surface area contributed by atoms with Gasteiger partial charge in [0.25, 0.3) is 9.05 Å². The molecule has 0 aliphatic rings. The highest BCUT2D eigenvalue weighted by molar-refractivity contribution is 8.13. The van der Waals surface area contributed by atoms with Crippen LogP contribution in [-0.4, -0.2) is 20.0 Å². The molecule has 0 unspecified atom stereocenters. The van der Waals surface area contributed by atoms with Crippen LogP contribution in [0.4, 0.5) is 0 Å². The van der Waals surface area contributed by atoms with Gasteiger partial charge in [-0.3, -0.25) is 4.79 Å². The Kier molecular flexibility index (Phi) is 4.40. The molecule has 0 saturated carbocycles. The fourth-order valence-electron chi connectivity index (χ4n) is 1.35. The first-order valence-corrected chi connectivity index (χ1v) is 7.64. The molecule has 0 aliphatic carbocycles. The molecular weight excluding hydrogens is 276 g/mol. The summed E-state index contributed by atoms with van der Waals surface area (Å²) < 4.78 is 27.4. The Bertz CT molecular complexity index is 543. The quantitative estimate of drug-likeness (QED) is 0.634. The Morgan fingerprint density at radius 2 is 1.94 bits per heavy atom. The van der Waals surface area contributed by atoms with Gasteiger partial charge in [0.1, 0.15) is 5.60 Å². The van der Waals surface area contributed by atoms with Crippen molar-refractivity contribution in [1.82, 2.24) is 0 Å². The van der Waals surface area contributed by atoms with Crippen LogP contribution in [0.2, 0.25) is 0 Å². The fraction of sp³-hybridized carbons (Fsp3) is 0.417. The van der Waals surface area contributed by atoms with Crippen LogP contribution in [0.25, 0.3) is 0 Å². The van der Waals surface area contributed by atoms with Gasteiger partial charge < -0.3 is 4.74 Å². The van der Waals surface area contributed by atoms with Gasteiger partial charge in [0.2, 0.25) is 0 Å². The highest BCUT2D eigenvalue weighted by atomic mass is 35.7. The van der Waals surface area contributed by atoms with Crippen molar-refractivity contribution in [3.8, 4) is 0 Å². The van der Waals surface area contributed by atoms with Crippen LogP contribution in [-0.2, 0) is 25.0 Å². The van der Waals surface area contributed by atoms with Gasteiger partial charge in [-0.05, 0) is 38.5 Å². The SMILES string of the molecule is CC(C)(C)OC(=O)Cc1cccc(S(=O)(=O)Cl)c1. The Morgan fingerprint density at radius 3 is 2.44 bits per heavy atom. The van der Waals surface area contributed by atoms with Crippen molar-refractivity contribution in [3.63, 3.8) is 0 Å². The lowest BCUT2D eigenvalue weighted by Crippen LogP contribution is -2.24. The molecule has 1 aromatic carbocycles. The third-order valence-corrected chi connectivity index (χ3v) is 3.30. The molecule has 0 amide bonds. The lowest BCUT2D eigenvalue weighted by Gasteiger charge is -2.19. The molecule has 0 saturated heterocycles. The maximum Gasteiger partial charge on any atom is 0.310 e. The molecule has 0 N–H and O–H groups in total. The van der Waals surface area contributed by atoms with E-state index >= 15 is 0 Å². The Morgan fingerprint density at radius 1 is 1.33 bits per heavy atom. The van der Waals surface area contributed by atoms with E-state index in [-0.39, 0.29) is 11.3 Å². The van der Waals surface area contributed by atoms with Gasteiger partial charge in [-0.2, -0.15) is 0 Å². The predicted molar refractivity (Wildman–Crippen MR) is 69.0 cm³/mol. The van der Waals surface area contributed by atoms with Crippen LogP contribution < -0.4 is 0 Å². The highest BCUT2D eigenvalue weighted by Crippen LogP contribution is 2.17. The second-order valence-corrected chi connectivity index (χ2v) is 7.41. The smallest absolute Gasteiger partial charge is 0.310 e. The molecule has 0 fully saturated rings. The predicted octanol–water partition coefficient (Wildman–Crippen LogP) is 2.50. The topological polar surface area (TPSA) is 60.4 Å². The van der Waals surface area contributed by atoms with E-state index in [1.165, 1.54) is 18.2 Å². The zero-order valence-electron chi connectivity index (χ0n) is 10.4. The Labute approximate surface area is 111 Å². The fourth-order valence-corrected chi connectivity index (χ4v) is 2.17. The molecule has 18 heavy (non-hydrogen) atoms. The standard InChI is InChI=1S/C12H15ClO4S/c1-12(2,3)17-11(14)8-9-5-4-6-10(7-9)18(13,15)16/h4-7H,8H2,1-3H3. The van der Waals surface area contributed by atoms with Crippen molar-refractivity contribution >= 4 is 25.7 Å². The maximum atomic E-state index is 11.6. The Hall–Kier alpha value is -1.07. The summed E-state index contributed by atoms with van der Waals surface area (Å²) in [4.78, 5) is 11.6. The van der Waals surface area contributed by atoms with E-state index < -0.39 is 20.6 Å². The minimum Gasteiger partial charge on any atom is -0.460 e. The summed E-state index contributed by atoms with van der Waals surface area (Å²) >= 11 is 0. The molecule has 0 spiro atoms. The average molecular weight is 291 g/mol. The largest absolute Gasteiger partial charge is 0.460 e. The second kappa shape index (κ2) is 5.28. The number of halogens is 1. The van der Waals surface area contributed by atoms with Crippen LogP contribution in [0.5, 0.6) is 0 Å². The number of hydrogen-bond donors (Lipinski definition) is 0. The molecule has 4 nitrogen and oxygen atoms in total. The van der Waals surface area contributed by atoms with Crippen molar-refractivity contribution in [3.05, 3.63) is 29.8 Å². The van der Waals surface area contributed by atoms with Gasteiger partial charge in [-0.25, -0.2) is 8.42 Å². The molecule has 0 radical (unpaired) electrons. The van der Waals surface area contributed by atoms with Crippen molar-refractivity contribution < 1.29 is 17.9 Å². The zero-order valence-corrected chi connectivity index (χ0v) is 12.0. The van der Waals surface area contributed by atoms with Gasteiger partial charge in [0, 0.05) is 10.7 Å². The lowest BCUT2D eigenvalue weighted by molar-refractivity contribution is -0.153. The van der Waals surface area contributed by atoms with E-state index in [1.807, 2.05) is 0 Å². The monoisotopic (exact) mass is 290 g/mol. The minimum absolute atomic E-state index is 0.0114. The molecular formula is C12H15ClO4S. The molecule has 100 valence electrons. The van der Waals surface area contributed by atoms with E-state index in [1.54, 1.807) is 26.8 Å². The van der Waals surface area contributed by atoms with Crippen LogP contribution in [0.1, 0.15) is 26.3 Å². The number of ether oxygens (including phenoxy) is 1. The van der Waals surface area contributed by atoms with Crippen LogP contribution >= 0.6 is 10.7 Å². The number of carbonyl (C=O) groups is 1. The summed E-state index contributed by atoms with van der Waals surface area (Å²) in [6, 6.07) is 5.93. The molecule has 0 heterocycles. The van der Waals surface area contributed by atoms with Crippen molar-refractivity contribution in [2.24, 2.45) is 0 Å². The Balaban J connectivity index is 2.84. The third-order valence-electron chi connectivity index (χ3n) is 1.95. The van der Waals surface area contributed by atoms with E-state index in [4.69, 9.17) is 15.4 Å². The number of benzene rings is 1. The second-order valence-electron chi connectivity index (χ2n) is 4.85. The normalized spacial score (nSPS) is 12.2.